The average Bonchev–Trinajstić information content (AvgIpc) is 3.57. The number of alkyl halides is 6. The molecule has 0 radical (unpaired) electrons. The lowest BCUT2D eigenvalue weighted by Gasteiger charge is -2.38. The van der Waals surface area contributed by atoms with Crippen LogP contribution >= 0.6 is 0 Å². The van der Waals surface area contributed by atoms with Gasteiger partial charge < -0.3 is 4.90 Å². The summed E-state index contributed by atoms with van der Waals surface area (Å²) in [5.41, 5.74) is -1.99. The number of rotatable bonds is 7. The molecule has 0 N–H and O–H groups in total. The third kappa shape index (κ3) is 6.51. The molecule has 2 heterocycles. The van der Waals surface area contributed by atoms with E-state index in [0.29, 0.717) is 38.3 Å². The molecular weight excluding hydrogens is 542 g/mol. The van der Waals surface area contributed by atoms with Crippen molar-refractivity contribution in [1.82, 2.24) is 4.90 Å². The number of halogens is 6. The Morgan fingerprint density at radius 3 is 2.02 bits per heavy atom. The maximum atomic E-state index is 14.3. The molecule has 2 saturated heterocycles. The lowest BCUT2D eigenvalue weighted by atomic mass is 9.76. The predicted octanol–water partition coefficient (Wildman–Crippen LogP) is 8.05. The van der Waals surface area contributed by atoms with E-state index in [-0.39, 0.29) is 40.5 Å². The van der Waals surface area contributed by atoms with Crippen LogP contribution in [0.15, 0.2) is 48.5 Å². The fourth-order valence-corrected chi connectivity index (χ4v) is 7.50. The number of benzene rings is 2. The highest BCUT2D eigenvalue weighted by Crippen LogP contribution is 2.50. The van der Waals surface area contributed by atoms with Gasteiger partial charge in [0, 0.05) is 11.6 Å². The minimum Gasteiger partial charge on any atom is -0.300 e. The van der Waals surface area contributed by atoms with Gasteiger partial charge in [-0.25, -0.2) is 9.28 Å². The van der Waals surface area contributed by atoms with Crippen molar-refractivity contribution in [3.63, 3.8) is 0 Å². The molecule has 1 saturated carbocycles. The summed E-state index contributed by atoms with van der Waals surface area (Å²) in [6, 6.07) is 12.5. The number of quaternary nitrogens is 1. The third-order valence-electron chi connectivity index (χ3n) is 9.48. The molecule has 3 aliphatic rings. The summed E-state index contributed by atoms with van der Waals surface area (Å²) in [4.78, 5) is 16.8. The largest absolute Gasteiger partial charge is 0.416 e. The van der Waals surface area contributed by atoms with Gasteiger partial charge in [0.1, 0.15) is 19.6 Å². The van der Waals surface area contributed by atoms with Crippen LogP contribution in [0.5, 0.6) is 0 Å². The van der Waals surface area contributed by atoms with Gasteiger partial charge in [-0.15, -0.1) is 0 Å². The highest BCUT2D eigenvalue weighted by Gasteiger charge is 2.61. The van der Waals surface area contributed by atoms with E-state index in [1.54, 1.807) is 0 Å². The van der Waals surface area contributed by atoms with E-state index in [9.17, 15) is 31.1 Å². The van der Waals surface area contributed by atoms with E-state index in [1.165, 1.54) is 5.56 Å². The summed E-state index contributed by atoms with van der Waals surface area (Å²) < 4.78 is 80.9. The first kappa shape index (κ1) is 30.1. The van der Waals surface area contributed by atoms with Crippen LogP contribution in [0.3, 0.4) is 0 Å². The summed E-state index contributed by atoms with van der Waals surface area (Å²) in [6.45, 7) is 6.82. The molecule has 224 valence electrons. The van der Waals surface area contributed by atoms with E-state index in [1.807, 2.05) is 6.07 Å². The second-order valence-corrected chi connectivity index (χ2v) is 13.0. The zero-order valence-electron chi connectivity index (χ0n) is 23.7. The first-order chi connectivity index (χ1) is 19.2. The average molecular weight is 582 g/mol. The fraction of sp³-hybridized carbons (Fsp3) is 0.594. The molecule has 9 heteroatoms. The van der Waals surface area contributed by atoms with Gasteiger partial charge in [-0.05, 0) is 87.2 Å². The van der Waals surface area contributed by atoms with Crippen LogP contribution in [0, 0.1) is 11.3 Å². The van der Waals surface area contributed by atoms with E-state index in [4.69, 9.17) is 0 Å². The van der Waals surface area contributed by atoms with Gasteiger partial charge in [-0.1, -0.05) is 44.2 Å². The van der Waals surface area contributed by atoms with Crippen molar-refractivity contribution < 1.29 is 35.6 Å². The Kier molecular flexibility index (Phi) is 8.09. The molecule has 3 nitrogen and oxygen atoms in total. The fourth-order valence-electron chi connectivity index (χ4n) is 7.50. The van der Waals surface area contributed by atoms with Gasteiger partial charge in [0.25, 0.3) is 0 Å². The molecule has 2 aromatic rings. The molecule has 2 unspecified atom stereocenters. The van der Waals surface area contributed by atoms with E-state index in [0.717, 1.165) is 44.5 Å². The molecule has 1 amide bonds. The normalized spacial score (nSPS) is 25.5. The number of carbonyl (C=O) groups excluding carboxylic acids is 1. The molecule has 3 fully saturated rings. The second-order valence-electron chi connectivity index (χ2n) is 13.0. The maximum Gasteiger partial charge on any atom is 0.416 e. The number of carbonyl (C=O) groups is 1. The molecule has 5 rings (SSSR count). The quantitative estimate of drug-likeness (QED) is 0.187. The van der Waals surface area contributed by atoms with Crippen molar-refractivity contribution in [3.8, 4) is 0 Å². The molecule has 1 aliphatic carbocycles. The van der Waals surface area contributed by atoms with Crippen molar-refractivity contribution in [2.75, 3.05) is 26.2 Å². The Bertz CT molecular complexity index is 1200. The van der Waals surface area contributed by atoms with Gasteiger partial charge >= 0.3 is 18.3 Å². The zero-order valence-corrected chi connectivity index (χ0v) is 23.7. The number of amides is 1. The molecule has 2 aromatic carbocycles. The lowest BCUT2D eigenvalue weighted by Crippen LogP contribution is -2.47. The maximum absolute atomic E-state index is 14.3. The summed E-state index contributed by atoms with van der Waals surface area (Å²) in [5, 5.41) is 0. The van der Waals surface area contributed by atoms with Gasteiger partial charge in [0.2, 0.25) is 0 Å². The molecule has 2 atom stereocenters. The Hall–Kier alpha value is -2.39. The van der Waals surface area contributed by atoms with Crippen molar-refractivity contribution in [1.29, 1.82) is 0 Å². The number of hydrogen-bond donors (Lipinski definition) is 0. The SMILES string of the molecule is CC(C)CC1(C(=O)[N+]2(Cc3cc(C(F)(F)F)cc(C(F)(F)F)c3)CC2)CCC(N2CCC(c3ccccc3)CC2)C1. The molecule has 0 bridgehead atoms. The van der Waals surface area contributed by atoms with Crippen LogP contribution in [-0.4, -0.2) is 47.5 Å². The standard InChI is InChI=1S/C32H39F6N2O/c1-22(2)19-30(11-8-28(20-30)39-12-9-25(10-13-39)24-6-4-3-5-7-24)29(41)40(14-15-40)21-23-16-26(31(33,34)35)18-27(17-23)32(36,37)38/h3-7,16-18,22,25,28H,8-15,19-21H2,1-2H3/q+1. The number of piperidine rings is 1. The Balaban J connectivity index is 1.33. The zero-order chi connectivity index (χ0) is 29.6. The molecular formula is C32H39F6N2O+. The minimum absolute atomic E-state index is 0.00107. The minimum atomic E-state index is -4.91. The van der Waals surface area contributed by atoms with Crippen molar-refractivity contribution in [2.45, 2.75) is 83.2 Å². The van der Waals surface area contributed by atoms with Crippen LogP contribution in [0.4, 0.5) is 26.3 Å². The predicted molar refractivity (Wildman–Crippen MR) is 145 cm³/mol. The summed E-state index contributed by atoms with van der Waals surface area (Å²) in [5.74, 6) is 0.766. The van der Waals surface area contributed by atoms with Gasteiger partial charge in [-0.3, -0.25) is 0 Å². The summed E-state index contributed by atoms with van der Waals surface area (Å²) >= 11 is 0. The Morgan fingerprint density at radius 1 is 0.927 bits per heavy atom. The summed E-state index contributed by atoms with van der Waals surface area (Å²) in [6.07, 6.45) is -4.72. The van der Waals surface area contributed by atoms with Crippen LogP contribution in [-0.2, 0) is 23.7 Å². The van der Waals surface area contributed by atoms with Gasteiger partial charge in [0.15, 0.2) is 0 Å². The van der Waals surface area contributed by atoms with Crippen LogP contribution in [0.2, 0.25) is 0 Å². The van der Waals surface area contributed by atoms with Gasteiger partial charge in [0.05, 0.1) is 16.5 Å². The molecule has 41 heavy (non-hydrogen) atoms. The second kappa shape index (κ2) is 11.0. The first-order valence-corrected chi connectivity index (χ1v) is 14.7. The molecule has 0 aromatic heterocycles. The van der Waals surface area contributed by atoms with Crippen LogP contribution in [0.25, 0.3) is 0 Å². The number of nitrogens with zero attached hydrogens (tertiary/aromatic N) is 2. The monoisotopic (exact) mass is 581 g/mol. The van der Waals surface area contributed by atoms with E-state index >= 15 is 0 Å². The van der Waals surface area contributed by atoms with Crippen LogP contribution < -0.4 is 0 Å². The van der Waals surface area contributed by atoms with E-state index in [2.05, 4.69) is 43.0 Å². The Labute approximate surface area is 238 Å². The van der Waals surface area contributed by atoms with Crippen molar-refractivity contribution in [3.05, 3.63) is 70.8 Å². The molecule has 2 aliphatic heterocycles. The van der Waals surface area contributed by atoms with Crippen LogP contribution in [0.1, 0.15) is 80.5 Å². The highest BCUT2D eigenvalue weighted by atomic mass is 19.4. The van der Waals surface area contributed by atoms with E-state index < -0.39 is 28.9 Å². The third-order valence-corrected chi connectivity index (χ3v) is 9.48. The van der Waals surface area contributed by atoms with Gasteiger partial charge in [-0.2, -0.15) is 26.3 Å². The first-order valence-electron chi connectivity index (χ1n) is 14.7. The number of hydrogen-bond acceptors (Lipinski definition) is 2. The summed E-state index contributed by atoms with van der Waals surface area (Å²) in [7, 11) is 0. The highest BCUT2D eigenvalue weighted by molar-refractivity contribution is 5.78. The molecule has 0 spiro atoms. The smallest absolute Gasteiger partial charge is 0.300 e. The number of likely N-dealkylation sites (tertiary alicyclic amines) is 1. The Morgan fingerprint density at radius 2 is 1.51 bits per heavy atom. The lowest BCUT2D eigenvalue weighted by molar-refractivity contribution is -0.738. The topological polar surface area (TPSA) is 20.3 Å². The van der Waals surface area contributed by atoms with Crippen molar-refractivity contribution >= 4 is 5.91 Å². The van der Waals surface area contributed by atoms with Crippen molar-refractivity contribution in [2.24, 2.45) is 11.3 Å².